The van der Waals surface area contributed by atoms with Crippen molar-refractivity contribution in [2.45, 2.75) is 19.4 Å². The van der Waals surface area contributed by atoms with Crippen LogP contribution in [0.5, 0.6) is 5.88 Å². The minimum Gasteiger partial charge on any atom is -0.472 e. The number of likely N-dealkylation sites (tertiary alicyclic amines) is 1. The first kappa shape index (κ1) is 18.0. The van der Waals surface area contributed by atoms with Crippen molar-refractivity contribution in [3.05, 3.63) is 66.2 Å². The predicted octanol–water partition coefficient (Wildman–Crippen LogP) is 3.49. The average Bonchev–Trinajstić information content (AvgIpc) is 3.16. The van der Waals surface area contributed by atoms with E-state index in [1.165, 1.54) is 6.92 Å². The highest BCUT2D eigenvalue weighted by molar-refractivity contribution is 5.95. The second kappa shape index (κ2) is 7.68. The van der Waals surface area contributed by atoms with E-state index < -0.39 is 0 Å². The van der Waals surface area contributed by atoms with E-state index in [9.17, 15) is 9.59 Å². The van der Waals surface area contributed by atoms with Crippen LogP contribution >= 0.6 is 0 Å². The van der Waals surface area contributed by atoms with Gasteiger partial charge in [0.15, 0.2) is 0 Å². The number of amides is 2. The number of carbonyl (C=O) groups is 2. The first-order chi connectivity index (χ1) is 13.6. The van der Waals surface area contributed by atoms with E-state index >= 15 is 0 Å². The third kappa shape index (κ3) is 3.96. The molecule has 1 aliphatic heterocycles. The van der Waals surface area contributed by atoms with Gasteiger partial charge < -0.3 is 15.0 Å². The van der Waals surface area contributed by atoms with Crippen molar-refractivity contribution < 1.29 is 14.3 Å². The van der Waals surface area contributed by atoms with Crippen LogP contribution in [0.2, 0.25) is 0 Å². The SMILES string of the molecule is CC(=O)Nc1ccc(C(=O)N2CCC(Oc3ccc4ccccc4n3)C2)cc1. The molecule has 0 saturated carbocycles. The highest BCUT2D eigenvalue weighted by Gasteiger charge is 2.28. The predicted molar refractivity (Wildman–Crippen MR) is 107 cm³/mol. The van der Waals surface area contributed by atoms with E-state index in [0.717, 1.165) is 17.3 Å². The Morgan fingerprint density at radius 3 is 2.64 bits per heavy atom. The zero-order valence-electron chi connectivity index (χ0n) is 15.6. The fraction of sp³-hybridized carbons (Fsp3) is 0.227. The Balaban J connectivity index is 1.38. The summed E-state index contributed by atoms with van der Waals surface area (Å²) in [5.41, 5.74) is 2.16. The van der Waals surface area contributed by atoms with Crippen molar-refractivity contribution in [2.24, 2.45) is 0 Å². The maximum atomic E-state index is 12.7. The lowest BCUT2D eigenvalue weighted by Crippen LogP contribution is -2.31. The van der Waals surface area contributed by atoms with Crippen LogP contribution in [0, 0.1) is 0 Å². The minimum absolute atomic E-state index is 0.0352. The number of hydrogen-bond donors (Lipinski definition) is 1. The molecule has 0 aliphatic carbocycles. The van der Waals surface area contributed by atoms with E-state index in [-0.39, 0.29) is 17.9 Å². The highest BCUT2D eigenvalue weighted by Crippen LogP contribution is 2.22. The molecule has 1 N–H and O–H groups in total. The molecular formula is C22H21N3O3. The third-order valence-electron chi connectivity index (χ3n) is 4.74. The lowest BCUT2D eigenvalue weighted by atomic mass is 10.2. The van der Waals surface area contributed by atoms with Gasteiger partial charge in [0.25, 0.3) is 5.91 Å². The molecule has 1 unspecified atom stereocenters. The summed E-state index contributed by atoms with van der Waals surface area (Å²) in [4.78, 5) is 30.1. The van der Waals surface area contributed by atoms with E-state index in [2.05, 4.69) is 10.3 Å². The number of fused-ring (bicyclic) bond motifs is 1. The van der Waals surface area contributed by atoms with E-state index in [4.69, 9.17) is 4.74 Å². The molecule has 1 saturated heterocycles. The molecular weight excluding hydrogens is 354 g/mol. The molecule has 1 fully saturated rings. The first-order valence-electron chi connectivity index (χ1n) is 9.28. The lowest BCUT2D eigenvalue weighted by molar-refractivity contribution is -0.114. The van der Waals surface area contributed by atoms with Crippen molar-refractivity contribution >= 4 is 28.4 Å². The normalized spacial score (nSPS) is 16.2. The molecule has 1 aliphatic rings. The quantitative estimate of drug-likeness (QED) is 0.758. The standard InChI is InChI=1S/C22H21N3O3/c1-15(26)23-18-9-6-17(7-10-18)22(27)25-13-12-19(14-25)28-21-11-8-16-4-2-3-5-20(16)24-21/h2-11,19H,12-14H2,1H3,(H,23,26). The average molecular weight is 375 g/mol. The van der Waals surface area contributed by atoms with Crippen LogP contribution in [-0.4, -0.2) is 40.9 Å². The molecule has 28 heavy (non-hydrogen) atoms. The zero-order valence-corrected chi connectivity index (χ0v) is 15.6. The smallest absolute Gasteiger partial charge is 0.253 e. The van der Waals surface area contributed by atoms with Crippen LogP contribution < -0.4 is 10.1 Å². The van der Waals surface area contributed by atoms with Gasteiger partial charge in [-0.1, -0.05) is 18.2 Å². The van der Waals surface area contributed by atoms with E-state index in [1.54, 1.807) is 29.2 Å². The van der Waals surface area contributed by atoms with Gasteiger partial charge in [-0.3, -0.25) is 9.59 Å². The number of ether oxygens (including phenoxy) is 1. The summed E-state index contributed by atoms with van der Waals surface area (Å²) in [5.74, 6) is 0.408. The molecule has 1 atom stereocenters. The third-order valence-corrected chi connectivity index (χ3v) is 4.74. The summed E-state index contributed by atoms with van der Waals surface area (Å²) in [5, 5.41) is 3.77. The number of aromatic nitrogens is 1. The molecule has 6 heteroatoms. The van der Waals surface area contributed by atoms with Gasteiger partial charge in [-0.25, -0.2) is 4.98 Å². The fourth-order valence-corrected chi connectivity index (χ4v) is 3.37. The Hall–Kier alpha value is -3.41. The van der Waals surface area contributed by atoms with Gasteiger partial charge in [0.1, 0.15) is 6.10 Å². The van der Waals surface area contributed by atoms with Crippen LogP contribution in [-0.2, 0) is 4.79 Å². The maximum Gasteiger partial charge on any atom is 0.253 e. The van der Waals surface area contributed by atoms with Crippen molar-refractivity contribution in [3.8, 4) is 5.88 Å². The molecule has 2 aromatic carbocycles. The summed E-state index contributed by atoms with van der Waals surface area (Å²) in [6, 6.07) is 18.7. The molecule has 6 nitrogen and oxygen atoms in total. The van der Waals surface area contributed by atoms with Crippen LogP contribution in [0.4, 0.5) is 5.69 Å². The number of nitrogens with one attached hydrogen (secondary N) is 1. The number of carbonyl (C=O) groups excluding carboxylic acids is 2. The summed E-state index contributed by atoms with van der Waals surface area (Å²) in [6.07, 6.45) is 0.695. The van der Waals surface area contributed by atoms with Crippen LogP contribution in [0.25, 0.3) is 10.9 Å². The van der Waals surface area contributed by atoms with Crippen LogP contribution in [0.3, 0.4) is 0 Å². The monoisotopic (exact) mass is 375 g/mol. The van der Waals surface area contributed by atoms with Gasteiger partial charge in [0.2, 0.25) is 11.8 Å². The topological polar surface area (TPSA) is 71.5 Å². The first-order valence-corrected chi connectivity index (χ1v) is 9.28. The highest BCUT2D eigenvalue weighted by atomic mass is 16.5. The molecule has 2 amide bonds. The van der Waals surface area contributed by atoms with Crippen LogP contribution in [0.15, 0.2) is 60.7 Å². The Morgan fingerprint density at radius 1 is 1.07 bits per heavy atom. The number of hydrogen-bond acceptors (Lipinski definition) is 4. The Kier molecular flexibility index (Phi) is 4.93. The van der Waals surface area contributed by atoms with E-state index in [1.807, 2.05) is 36.4 Å². The number of para-hydroxylation sites is 1. The minimum atomic E-state index is -0.138. The molecule has 142 valence electrons. The Labute approximate surface area is 163 Å². The van der Waals surface area contributed by atoms with Gasteiger partial charge in [-0.15, -0.1) is 0 Å². The molecule has 0 bridgehead atoms. The van der Waals surface area contributed by atoms with Crippen molar-refractivity contribution in [1.82, 2.24) is 9.88 Å². The van der Waals surface area contributed by atoms with Crippen molar-refractivity contribution in [2.75, 3.05) is 18.4 Å². The van der Waals surface area contributed by atoms with Gasteiger partial charge in [-0.2, -0.15) is 0 Å². The summed E-state index contributed by atoms with van der Waals surface area (Å²) in [6.45, 7) is 2.62. The fourth-order valence-electron chi connectivity index (χ4n) is 3.37. The number of benzene rings is 2. The molecule has 2 heterocycles. The van der Waals surface area contributed by atoms with Gasteiger partial charge >= 0.3 is 0 Å². The second-order valence-electron chi connectivity index (χ2n) is 6.88. The largest absolute Gasteiger partial charge is 0.472 e. The van der Waals surface area contributed by atoms with Crippen molar-refractivity contribution in [1.29, 1.82) is 0 Å². The summed E-state index contributed by atoms with van der Waals surface area (Å²) >= 11 is 0. The molecule has 3 aromatic rings. The zero-order chi connectivity index (χ0) is 19.5. The second-order valence-corrected chi connectivity index (χ2v) is 6.88. The van der Waals surface area contributed by atoms with E-state index in [0.29, 0.717) is 30.2 Å². The Bertz CT molecular complexity index is 1020. The Morgan fingerprint density at radius 2 is 1.86 bits per heavy atom. The number of anilines is 1. The number of rotatable bonds is 4. The molecule has 0 spiro atoms. The van der Waals surface area contributed by atoms with Gasteiger partial charge in [0, 0.05) is 42.6 Å². The van der Waals surface area contributed by atoms with Crippen LogP contribution in [0.1, 0.15) is 23.7 Å². The van der Waals surface area contributed by atoms with Gasteiger partial charge in [-0.05, 0) is 36.4 Å². The summed E-state index contributed by atoms with van der Waals surface area (Å²) in [7, 11) is 0. The van der Waals surface area contributed by atoms with Gasteiger partial charge in [0.05, 0.1) is 12.1 Å². The lowest BCUT2D eigenvalue weighted by Gasteiger charge is -2.17. The maximum absolute atomic E-state index is 12.7. The molecule has 1 aromatic heterocycles. The molecule has 4 rings (SSSR count). The summed E-state index contributed by atoms with van der Waals surface area (Å²) < 4.78 is 6.01. The van der Waals surface area contributed by atoms with Crippen molar-refractivity contribution in [3.63, 3.8) is 0 Å². The number of nitrogens with zero attached hydrogens (tertiary/aromatic N) is 2. The molecule has 0 radical (unpaired) electrons. The number of pyridine rings is 1.